The van der Waals surface area contributed by atoms with Crippen molar-refractivity contribution in [2.45, 2.75) is 32.6 Å². The third-order valence-corrected chi connectivity index (χ3v) is 5.94. The number of benzene rings is 1. The van der Waals surface area contributed by atoms with Crippen LogP contribution in [0.15, 0.2) is 30.3 Å². The molecule has 1 aliphatic rings. The van der Waals surface area contributed by atoms with E-state index in [-0.39, 0.29) is 23.6 Å². The molecule has 122 valence electrons. The molecule has 2 atom stereocenters. The van der Waals surface area contributed by atoms with Gasteiger partial charge in [0.15, 0.2) is 0 Å². The molecular weight excluding hydrogens is 300 g/mol. The van der Waals surface area contributed by atoms with Crippen molar-refractivity contribution in [1.82, 2.24) is 9.62 Å². The van der Waals surface area contributed by atoms with E-state index < -0.39 is 10.0 Å². The number of carbonyl (C=O) groups is 1. The average Bonchev–Trinajstić information content (AvgIpc) is 2.83. The molecule has 0 unspecified atom stereocenters. The molecule has 1 amide bonds. The van der Waals surface area contributed by atoms with E-state index in [1.54, 1.807) is 0 Å². The van der Waals surface area contributed by atoms with Crippen LogP contribution in [0.25, 0.3) is 0 Å². The van der Waals surface area contributed by atoms with Crippen molar-refractivity contribution in [2.24, 2.45) is 11.8 Å². The summed E-state index contributed by atoms with van der Waals surface area (Å²) in [5.41, 5.74) is 0.784. The Kier molecular flexibility index (Phi) is 5.24. The van der Waals surface area contributed by atoms with Crippen LogP contribution in [0.2, 0.25) is 0 Å². The second kappa shape index (κ2) is 6.79. The second-order valence-electron chi connectivity index (χ2n) is 6.27. The Morgan fingerprint density at radius 3 is 2.45 bits per heavy atom. The van der Waals surface area contributed by atoms with Crippen LogP contribution in [-0.4, -0.2) is 37.8 Å². The van der Waals surface area contributed by atoms with Crippen LogP contribution in [-0.2, 0) is 20.6 Å². The van der Waals surface area contributed by atoms with Crippen LogP contribution in [0.5, 0.6) is 0 Å². The number of carbonyl (C=O) groups excluding carboxylic acids is 1. The Morgan fingerprint density at radius 1 is 1.27 bits per heavy atom. The molecule has 1 fully saturated rings. The van der Waals surface area contributed by atoms with Gasteiger partial charge < -0.3 is 5.32 Å². The van der Waals surface area contributed by atoms with Gasteiger partial charge in [0.1, 0.15) is 0 Å². The number of nitrogens with one attached hydrogen (secondary N) is 1. The van der Waals surface area contributed by atoms with Gasteiger partial charge in [0, 0.05) is 26.1 Å². The van der Waals surface area contributed by atoms with E-state index in [2.05, 4.69) is 19.2 Å². The topological polar surface area (TPSA) is 66.5 Å². The van der Waals surface area contributed by atoms with Crippen molar-refractivity contribution < 1.29 is 13.2 Å². The number of nitrogens with zero attached hydrogens (tertiary/aromatic N) is 1. The minimum absolute atomic E-state index is 0.00540. The predicted molar refractivity (Wildman–Crippen MR) is 86.6 cm³/mol. The third kappa shape index (κ3) is 4.08. The van der Waals surface area contributed by atoms with Crippen molar-refractivity contribution in [3.8, 4) is 0 Å². The van der Waals surface area contributed by atoms with E-state index in [1.165, 1.54) is 11.2 Å². The van der Waals surface area contributed by atoms with E-state index in [1.807, 2.05) is 30.3 Å². The molecule has 1 aliphatic heterocycles. The zero-order valence-electron chi connectivity index (χ0n) is 13.3. The van der Waals surface area contributed by atoms with Gasteiger partial charge in [0.2, 0.25) is 15.9 Å². The molecule has 0 saturated carbocycles. The Labute approximate surface area is 132 Å². The molecule has 2 rings (SSSR count). The number of sulfonamides is 1. The van der Waals surface area contributed by atoms with Crippen LogP contribution < -0.4 is 5.32 Å². The molecule has 0 aromatic heterocycles. The number of rotatable bonds is 5. The van der Waals surface area contributed by atoms with E-state index in [0.717, 1.165) is 5.56 Å². The molecule has 0 aliphatic carbocycles. The van der Waals surface area contributed by atoms with Gasteiger partial charge in [-0.25, -0.2) is 8.42 Å². The lowest BCUT2D eigenvalue weighted by molar-refractivity contribution is -0.119. The molecular formula is C16H24N2O3S. The molecule has 0 spiro atoms. The highest BCUT2D eigenvalue weighted by atomic mass is 32.2. The van der Waals surface area contributed by atoms with Gasteiger partial charge in [0.25, 0.3) is 0 Å². The van der Waals surface area contributed by atoms with Crippen LogP contribution in [0.3, 0.4) is 0 Å². The summed E-state index contributed by atoms with van der Waals surface area (Å²) in [7, 11) is -3.37. The summed E-state index contributed by atoms with van der Waals surface area (Å²) in [5.74, 6) is 0.354. The smallest absolute Gasteiger partial charge is 0.218 e. The maximum atomic E-state index is 12.6. The number of hydrogen-bond acceptors (Lipinski definition) is 3. The number of hydrogen-bond donors (Lipinski definition) is 1. The highest BCUT2D eigenvalue weighted by Gasteiger charge is 2.40. The molecule has 1 heterocycles. The lowest BCUT2D eigenvalue weighted by atomic mass is 9.91. The molecule has 0 bridgehead atoms. The van der Waals surface area contributed by atoms with Crippen molar-refractivity contribution in [2.75, 3.05) is 13.1 Å². The lowest BCUT2D eigenvalue weighted by Gasteiger charge is -2.21. The molecule has 1 N–H and O–H groups in total. The molecule has 1 saturated heterocycles. The van der Waals surface area contributed by atoms with E-state index in [0.29, 0.717) is 19.0 Å². The maximum absolute atomic E-state index is 12.6. The third-order valence-electron chi connectivity index (χ3n) is 4.16. The van der Waals surface area contributed by atoms with Crippen molar-refractivity contribution in [1.29, 1.82) is 0 Å². The highest BCUT2D eigenvalue weighted by molar-refractivity contribution is 7.88. The summed E-state index contributed by atoms with van der Waals surface area (Å²) >= 11 is 0. The van der Waals surface area contributed by atoms with E-state index >= 15 is 0 Å². The Morgan fingerprint density at radius 2 is 1.91 bits per heavy atom. The second-order valence-corrected chi connectivity index (χ2v) is 8.24. The largest absolute Gasteiger partial charge is 0.352 e. The Balaban J connectivity index is 2.13. The quantitative estimate of drug-likeness (QED) is 0.895. The fourth-order valence-corrected chi connectivity index (χ4v) is 4.57. The first-order valence-electron chi connectivity index (χ1n) is 7.58. The summed E-state index contributed by atoms with van der Waals surface area (Å²) in [6.07, 6.45) is 0. The van der Waals surface area contributed by atoms with Gasteiger partial charge in [-0.1, -0.05) is 44.2 Å². The van der Waals surface area contributed by atoms with Gasteiger partial charge >= 0.3 is 0 Å². The molecule has 22 heavy (non-hydrogen) atoms. The lowest BCUT2D eigenvalue weighted by Crippen LogP contribution is -2.41. The van der Waals surface area contributed by atoms with Gasteiger partial charge in [-0.15, -0.1) is 0 Å². The van der Waals surface area contributed by atoms with Crippen LogP contribution in [0.4, 0.5) is 0 Å². The van der Waals surface area contributed by atoms with Gasteiger partial charge in [-0.05, 0) is 17.4 Å². The van der Waals surface area contributed by atoms with Crippen LogP contribution in [0.1, 0.15) is 26.3 Å². The van der Waals surface area contributed by atoms with Crippen molar-refractivity contribution >= 4 is 15.9 Å². The van der Waals surface area contributed by atoms with Gasteiger partial charge in [-0.2, -0.15) is 4.31 Å². The minimum Gasteiger partial charge on any atom is -0.352 e. The first kappa shape index (κ1) is 17.0. The fraction of sp³-hybridized carbons (Fsp3) is 0.562. The molecule has 6 heteroatoms. The van der Waals surface area contributed by atoms with Gasteiger partial charge in [-0.3, -0.25) is 4.79 Å². The Bertz CT molecular complexity index is 614. The zero-order chi connectivity index (χ0) is 16.3. The molecule has 1 aromatic rings. The average molecular weight is 324 g/mol. The molecule has 1 aromatic carbocycles. The standard InChI is InChI=1S/C16H24N2O3S/c1-12(2)15-9-18(10-16(15)17-13(3)19)22(20,21)11-14-7-5-4-6-8-14/h4-8,12,15-16H,9-11H2,1-3H3,(H,17,19)/t15-,16+/m0/s1. The van der Waals surface area contributed by atoms with E-state index in [9.17, 15) is 13.2 Å². The SMILES string of the molecule is CC(=O)N[C@@H]1CN(S(=O)(=O)Cc2ccccc2)C[C@H]1C(C)C. The number of amides is 1. The zero-order valence-corrected chi connectivity index (χ0v) is 14.1. The fourth-order valence-electron chi connectivity index (χ4n) is 2.98. The maximum Gasteiger partial charge on any atom is 0.218 e. The normalized spacial score (nSPS) is 22.9. The van der Waals surface area contributed by atoms with Crippen molar-refractivity contribution in [3.63, 3.8) is 0 Å². The highest BCUT2D eigenvalue weighted by Crippen LogP contribution is 2.27. The van der Waals surface area contributed by atoms with Crippen LogP contribution >= 0.6 is 0 Å². The first-order chi connectivity index (χ1) is 10.3. The first-order valence-corrected chi connectivity index (χ1v) is 9.19. The summed E-state index contributed by atoms with van der Waals surface area (Å²) in [6.45, 7) is 6.42. The summed E-state index contributed by atoms with van der Waals surface area (Å²) < 4.78 is 26.7. The summed E-state index contributed by atoms with van der Waals surface area (Å²) in [5, 5.41) is 2.89. The van der Waals surface area contributed by atoms with E-state index in [4.69, 9.17) is 0 Å². The monoisotopic (exact) mass is 324 g/mol. The summed E-state index contributed by atoms with van der Waals surface area (Å²) in [4.78, 5) is 11.3. The Hall–Kier alpha value is -1.40. The van der Waals surface area contributed by atoms with Crippen LogP contribution in [0, 0.1) is 11.8 Å². The van der Waals surface area contributed by atoms with Crippen molar-refractivity contribution in [3.05, 3.63) is 35.9 Å². The predicted octanol–water partition coefficient (Wildman–Crippen LogP) is 1.61. The molecule has 0 radical (unpaired) electrons. The minimum atomic E-state index is -3.37. The van der Waals surface area contributed by atoms with Gasteiger partial charge in [0.05, 0.1) is 5.75 Å². The summed E-state index contributed by atoms with van der Waals surface area (Å²) in [6, 6.07) is 9.08. The molecule has 5 nitrogen and oxygen atoms in total.